The van der Waals surface area contributed by atoms with Gasteiger partial charge in [-0.1, -0.05) is 66.2 Å². The SMILES string of the molecule is CCCCC(CC)COC(=O)CC(C(=O)OCC(CC)CCCC)S(=O)(=O)[O-].CCOC(=O)/C=C\C(=O)OCC.[Na+]. The van der Waals surface area contributed by atoms with Crippen molar-refractivity contribution in [3.8, 4) is 0 Å². The summed E-state index contributed by atoms with van der Waals surface area (Å²) >= 11 is 0. The summed E-state index contributed by atoms with van der Waals surface area (Å²) in [5.41, 5.74) is 0. The van der Waals surface area contributed by atoms with Crippen molar-refractivity contribution in [1.29, 1.82) is 0 Å². The third-order valence-corrected chi connectivity index (χ3v) is 6.98. The van der Waals surface area contributed by atoms with E-state index in [0.29, 0.717) is 13.2 Å². The van der Waals surface area contributed by atoms with Crippen molar-refractivity contribution < 1.29 is 80.7 Å². The molecule has 3 atom stereocenters. The minimum atomic E-state index is -5.01. The molecule has 0 radical (unpaired) electrons. The zero-order valence-corrected chi connectivity index (χ0v) is 28.8. The quantitative estimate of drug-likeness (QED) is 0.0640. The molecule has 13 heteroatoms. The van der Waals surface area contributed by atoms with Gasteiger partial charge in [0.1, 0.15) is 10.1 Å². The molecule has 0 aliphatic carbocycles. The fraction of sp³-hybridized carbons (Fsp3) is 0.786. The first kappa shape index (κ1) is 44.0. The van der Waals surface area contributed by atoms with Crippen molar-refractivity contribution in [2.45, 2.75) is 105 Å². The van der Waals surface area contributed by atoms with Gasteiger partial charge in [-0.3, -0.25) is 9.59 Å². The summed E-state index contributed by atoms with van der Waals surface area (Å²) in [7, 11) is -5.01. The Morgan fingerprint density at radius 1 is 0.707 bits per heavy atom. The van der Waals surface area contributed by atoms with E-state index in [9.17, 15) is 32.1 Å². The summed E-state index contributed by atoms with van der Waals surface area (Å²) < 4.78 is 53.6. The van der Waals surface area contributed by atoms with Gasteiger partial charge < -0.3 is 23.5 Å². The average Bonchev–Trinajstić information content (AvgIpc) is 2.90. The molecule has 11 nitrogen and oxygen atoms in total. The molecule has 0 aromatic carbocycles. The first-order valence-corrected chi connectivity index (χ1v) is 15.6. The van der Waals surface area contributed by atoms with E-state index in [1.54, 1.807) is 13.8 Å². The first-order valence-electron chi connectivity index (χ1n) is 14.2. The fourth-order valence-electron chi connectivity index (χ4n) is 3.33. The first-order chi connectivity index (χ1) is 18.9. The molecule has 234 valence electrons. The van der Waals surface area contributed by atoms with Gasteiger partial charge in [-0.25, -0.2) is 18.0 Å². The van der Waals surface area contributed by atoms with Crippen molar-refractivity contribution in [3.05, 3.63) is 12.2 Å². The van der Waals surface area contributed by atoms with Crippen LogP contribution >= 0.6 is 0 Å². The maximum atomic E-state index is 12.1. The molecule has 0 aromatic rings. The van der Waals surface area contributed by atoms with Gasteiger partial charge in [0.15, 0.2) is 5.25 Å². The summed E-state index contributed by atoms with van der Waals surface area (Å²) in [6, 6.07) is 0. The Balaban J connectivity index is -0.000000933. The van der Waals surface area contributed by atoms with E-state index in [1.165, 1.54) is 0 Å². The maximum Gasteiger partial charge on any atom is 1.00 e. The number of carbonyl (C=O) groups is 4. The molecule has 0 aliphatic rings. The van der Waals surface area contributed by atoms with Gasteiger partial charge in [0.05, 0.1) is 32.8 Å². The second kappa shape index (κ2) is 27.4. The molecular weight excluding hydrogens is 567 g/mol. The molecule has 41 heavy (non-hydrogen) atoms. The van der Waals surface area contributed by atoms with Crippen LogP contribution in [0.5, 0.6) is 0 Å². The van der Waals surface area contributed by atoms with Crippen LogP contribution in [0.2, 0.25) is 0 Å². The predicted octanol–water partition coefficient (Wildman–Crippen LogP) is 1.48. The second-order valence-corrected chi connectivity index (χ2v) is 10.7. The molecule has 0 aromatic heterocycles. The number of rotatable bonds is 20. The molecule has 0 saturated heterocycles. The standard InChI is InChI=1S/C20H38O7S.C8H12O4.Na/c1-5-9-11-16(7-3)14-26-19(21)13-18(28(23,24)25)20(22)27-15-17(8-4)12-10-6-2;1-3-11-7(9)5-6-8(10)12-4-2;/h16-18H,5-15H2,1-4H3,(H,23,24,25);5-6H,3-4H2,1-2H3;/q;;+1/p-1/b;6-5-;. The third kappa shape index (κ3) is 24.8. The Labute approximate surface area is 268 Å². The van der Waals surface area contributed by atoms with Crippen LogP contribution in [0, 0.1) is 11.8 Å². The molecule has 0 heterocycles. The van der Waals surface area contributed by atoms with Gasteiger partial charge in [-0.05, 0) is 38.5 Å². The van der Waals surface area contributed by atoms with Crippen LogP contribution in [0.25, 0.3) is 0 Å². The summed E-state index contributed by atoms with van der Waals surface area (Å²) in [5.74, 6) is -2.82. The van der Waals surface area contributed by atoms with Gasteiger partial charge in [-0.2, -0.15) is 0 Å². The Morgan fingerprint density at radius 3 is 1.46 bits per heavy atom. The number of unbranched alkanes of at least 4 members (excludes halogenated alkanes) is 2. The minimum absolute atomic E-state index is 0. The summed E-state index contributed by atoms with van der Waals surface area (Å²) in [6.07, 6.45) is 8.67. The molecule has 3 unspecified atom stereocenters. The van der Waals surface area contributed by atoms with Crippen molar-refractivity contribution in [3.63, 3.8) is 0 Å². The molecule has 0 spiro atoms. The molecular formula is C28H49NaO11S. The fourth-order valence-corrected chi connectivity index (χ4v) is 3.97. The summed E-state index contributed by atoms with van der Waals surface area (Å²) in [6.45, 7) is 12.2. The smallest absolute Gasteiger partial charge is 0.747 e. The molecule has 0 bridgehead atoms. The van der Waals surface area contributed by atoms with Crippen LogP contribution in [-0.2, 0) is 48.2 Å². The Hall–Kier alpha value is -1.47. The predicted molar refractivity (Wildman–Crippen MR) is 149 cm³/mol. The zero-order valence-electron chi connectivity index (χ0n) is 26.0. The number of carbonyl (C=O) groups excluding carboxylic acids is 4. The van der Waals surface area contributed by atoms with Crippen LogP contribution < -0.4 is 29.6 Å². The van der Waals surface area contributed by atoms with Crippen LogP contribution in [0.4, 0.5) is 0 Å². The van der Waals surface area contributed by atoms with E-state index < -0.39 is 45.7 Å². The number of esters is 4. The van der Waals surface area contributed by atoms with Crippen LogP contribution in [0.3, 0.4) is 0 Å². The van der Waals surface area contributed by atoms with Crippen molar-refractivity contribution in [2.24, 2.45) is 11.8 Å². The average molecular weight is 617 g/mol. The molecule has 0 aliphatic heterocycles. The van der Waals surface area contributed by atoms with Gasteiger partial charge in [0, 0.05) is 12.2 Å². The summed E-state index contributed by atoms with van der Waals surface area (Å²) in [4.78, 5) is 45.4. The van der Waals surface area contributed by atoms with E-state index in [0.717, 1.165) is 63.5 Å². The minimum Gasteiger partial charge on any atom is -0.747 e. The molecule has 0 N–H and O–H groups in total. The van der Waals surface area contributed by atoms with Gasteiger partial charge in [-0.15, -0.1) is 0 Å². The molecule has 0 saturated carbocycles. The van der Waals surface area contributed by atoms with Crippen molar-refractivity contribution >= 4 is 34.0 Å². The Kier molecular flexibility index (Phi) is 29.4. The van der Waals surface area contributed by atoms with Gasteiger partial charge in [0.25, 0.3) is 0 Å². The third-order valence-electron chi connectivity index (χ3n) is 5.92. The Bertz CT molecular complexity index is 839. The number of hydrogen-bond acceptors (Lipinski definition) is 11. The maximum absolute atomic E-state index is 12.1. The zero-order chi connectivity index (χ0) is 31.0. The van der Waals surface area contributed by atoms with E-state index in [-0.39, 0.29) is 54.6 Å². The monoisotopic (exact) mass is 616 g/mol. The number of hydrogen-bond donors (Lipinski definition) is 0. The molecule has 0 fully saturated rings. The van der Waals surface area contributed by atoms with Crippen molar-refractivity contribution in [2.75, 3.05) is 26.4 Å². The largest absolute Gasteiger partial charge is 1.00 e. The van der Waals surface area contributed by atoms with E-state index >= 15 is 0 Å². The van der Waals surface area contributed by atoms with Crippen LogP contribution in [0.15, 0.2) is 12.2 Å². The Morgan fingerprint density at radius 2 is 1.12 bits per heavy atom. The van der Waals surface area contributed by atoms with Crippen LogP contribution in [-0.4, -0.2) is 68.5 Å². The number of ether oxygens (including phenoxy) is 4. The van der Waals surface area contributed by atoms with Crippen LogP contribution in [0.1, 0.15) is 99.3 Å². The van der Waals surface area contributed by atoms with E-state index in [2.05, 4.69) is 23.3 Å². The molecule has 0 rings (SSSR count). The van der Waals surface area contributed by atoms with E-state index in [4.69, 9.17) is 9.47 Å². The van der Waals surface area contributed by atoms with E-state index in [1.807, 2.05) is 13.8 Å². The van der Waals surface area contributed by atoms with Crippen molar-refractivity contribution in [1.82, 2.24) is 0 Å². The normalized spacial score (nSPS) is 13.0. The topological polar surface area (TPSA) is 162 Å². The van der Waals surface area contributed by atoms with Gasteiger partial charge in [0.2, 0.25) is 0 Å². The second-order valence-electron chi connectivity index (χ2n) is 9.17. The summed E-state index contributed by atoms with van der Waals surface area (Å²) in [5, 5.41) is -2.06. The van der Waals surface area contributed by atoms with Gasteiger partial charge >= 0.3 is 53.4 Å². The molecule has 0 amide bonds.